The highest BCUT2D eigenvalue weighted by Crippen LogP contribution is 2.19. The molecule has 6 heteroatoms. The summed E-state index contributed by atoms with van der Waals surface area (Å²) >= 11 is 5.64. The van der Waals surface area contributed by atoms with Crippen LogP contribution in [-0.2, 0) is 0 Å². The van der Waals surface area contributed by atoms with Gasteiger partial charge in [-0.05, 0) is 30.5 Å². The minimum atomic E-state index is 0.0270. The van der Waals surface area contributed by atoms with Gasteiger partial charge in [0.05, 0.1) is 0 Å². The molecule has 0 aliphatic heterocycles. The molecule has 2 heterocycles. The van der Waals surface area contributed by atoms with Crippen LogP contribution in [0.2, 0.25) is 5.28 Å². The van der Waals surface area contributed by atoms with E-state index in [1.165, 1.54) is 4.52 Å². The number of aromatic nitrogens is 3. The van der Waals surface area contributed by atoms with E-state index < -0.39 is 0 Å². The zero-order valence-electron chi connectivity index (χ0n) is 7.01. The van der Waals surface area contributed by atoms with Crippen LogP contribution in [-0.4, -0.2) is 27.6 Å². The number of nitrogens with zero attached hydrogens (tertiary/aromatic N) is 4. The van der Waals surface area contributed by atoms with E-state index in [1.807, 2.05) is 0 Å². The SMILES string of the molecule is C=Nc1nc(Cl)nn2c(C=O)ccc12. The highest BCUT2D eigenvalue weighted by molar-refractivity contribution is 6.28. The number of hydrogen-bond donors (Lipinski definition) is 0. The Kier molecular flexibility index (Phi) is 2.01. The summed E-state index contributed by atoms with van der Waals surface area (Å²) in [7, 11) is 0. The lowest BCUT2D eigenvalue weighted by Gasteiger charge is -1.98. The fourth-order valence-electron chi connectivity index (χ4n) is 1.18. The van der Waals surface area contributed by atoms with Gasteiger partial charge in [0.25, 0.3) is 0 Å². The molecule has 0 bridgehead atoms. The molecule has 2 aromatic rings. The number of carbonyl (C=O) groups excluding carboxylic acids is 1. The maximum absolute atomic E-state index is 10.6. The van der Waals surface area contributed by atoms with Gasteiger partial charge in [0.15, 0.2) is 12.1 Å². The molecular weight excluding hydrogens is 204 g/mol. The Bertz CT molecular complexity index is 519. The van der Waals surface area contributed by atoms with Crippen LogP contribution in [0.5, 0.6) is 0 Å². The Morgan fingerprint density at radius 2 is 2.36 bits per heavy atom. The highest BCUT2D eigenvalue weighted by Gasteiger charge is 2.08. The Hall–Kier alpha value is -1.75. The van der Waals surface area contributed by atoms with Crippen molar-refractivity contribution in [2.24, 2.45) is 4.99 Å². The quantitative estimate of drug-likeness (QED) is 0.556. The summed E-state index contributed by atoms with van der Waals surface area (Å²) in [5.74, 6) is 0.359. The van der Waals surface area contributed by atoms with Crippen LogP contribution in [0.4, 0.5) is 5.82 Å². The molecular formula is C8H5ClN4O. The molecule has 0 N–H and O–H groups in total. The van der Waals surface area contributed by atoms with E-state index in [0.717, 1.165) is 0 Å². The largest absolute Gasteiger partial charge is 0.296 e. The summed E-state index contributed by atoms with van der Waals surface area (Å²) in [6.07, 6.45) is 0.684. The molecule has 0 radical (unpaired) electrons. The molecule has 2 aromatic heterocycles. The van der Waals surface area contributed by atoms with Crippen molar-refractivity contribution in [2.45, 2.75) is 0 Å². The molecule has 0 aliphatic rings. The first-order valence-corrected chi connectivity index (χ1v) is 4.11. The van der Waals surface area contributed by atoms with Gasteiger partial charge in [-0.15, -0.1) is 5.10 Å². The van der Waals surface area contributed by atoms with Crippen molar-refractivity contribution in [1.29, 1.82) is 0 Å². The predicted molar refractivity (Wildman–Crippen MR) is 52.6 cm³/mol. The van der Waals surface area contributed by atoms with Crippen LogP contribution in [0.1, 0.15) is 10.5 Å². The molecule has 0 saturated carbocycles. The lowest BCUT2D eigenvalue weighted by Crippen LogP contribution is -1.98. The number of aldehydes is 1. The summed E-state index contributed by atoms with van der Waals surface area (Å²) in [6, 6.07) is 3.30. The van der Waals surface area contributed by atoms with Crippen molar-refractivity contribution in [3.63, 3.8) is 0 Å². The average molecular weight is 209 g/mol. The van der Waals surface area contributed by atoms with E-state index in [-0.39, 0.29) is 5.28 Å². The summed E-state index contributed by atoms with van der Waals surface area (Å²) < 4.78 is 1.38. The van der Waals surface area contributed by atoms with Crippen LogP contribution in [0.15, 0.2) is 17.1 Å². The first-order chi connectivity index (χ1) is 6.76. The number of hydrogen-bond acceptors (Lipinski definition) is 4. The first kappa shape index (κ1) is 8.83. The van der Waals surface area contributed by atoms with E-state index in [0.29, 0.717) is 23.3 Å². The molecule has 0 aromatic carbocycles. The van der Waals surface area contributed by atoms with Gasteiger partial charge in [0.2, 0.25) is 5.28 Å². The van der Waals surface area contributed by atoms with Gasteiger partial charge < -0.3 is 0 Å². The van der Waals surface area contributed by atoms with Crippen LogP contribution < -0.4 is 0 Å². The van der Waals surface area contributed by atoms with Crippen LogP contribution in [0, 0.1) is 0 Å². The molecule has 0 saturated heterocycles. The molecule has 5 nitrogen and oxygen atoms in total. The van der Waals surface area contributed by atoms with E-state index >= 15 is 0 Å². The van der Waals surface area contributed by atoms with E-state index in [1.54, 1.807) is 12.1 Å². The molecule has 0 aliphatic carbocycles. The van der Waals surface area contributed by atoms with E-state index in [2.05, 4.69) is 21.8 Å². The molecule has 14 heavy (non-hydrogen) atoms. The molecule has 0 unspecified atom stereocenters. The normalized spacial score (nSPS) is 10.4. The van der Waals surface area contributed by atoms with Crippen LogP contribution in [0.3, 0.4) is 0 Å². The molecule has 0 spiro atoms. The maximum atomic E-state index is 10.6. The smallest absolute Gasteiger partial charge is 0.243 e. The number of carbonyl (C=O) groups is 1. The predicted octanol–water partition coefficient (Wildman–Crippen LogP) is 1.53. The second kappa shape index (κ2) is 3.19. The van der Waals surface area contributed by atoms with Crippen molar-refractivity contribution >= 4 is 35.9 Å². The van der Waals surface area contributed by atoms with Gasteiger partial charge in [-0.2, -0.15) is 4.98 Å². The third-order valence-corrected chi connectivity index (χ3v) is 1.93. The van der Waals surface area contributed by atoms with Crippen molar-refractivity contribution in [3.05, 3.63) is 23.1 Å². The van der Waals surface area contributed by atoms with E-state index in [4.69, 9.17) is 11.6 Å². The van der Waals surface area contributed by atoms with Gasteiger partial charge in [0.1, 0.15) is 11.2 Å². The molecule has 70 valence electrons. The number of rotatable bonds is 2. The van der Waals surface area contributed by atoms with Crippen LogP contribution >= 0.6 is 11.6 Å². The third kappa shape index (κ3) is 1.18. The minimum absolute atomic E-state index is 0.0270. The summed E-state index contributed by atoms with van der Waals surface area (Å²) in [5.41, 5.74) is 1.00. The number of halogens is 1. The fourth-order valence-corrected chi connectivity index (χ4v) is 1.34. The van der Waals surface area contributed by atoms with E-state index in [9.17, 15) is 4.79 Å². The standard InChI is InChI=1S/C8H5ClN4O/c1-10-7-6-3-2-5(4-14)13(6)12-8(9)11-7/h2-4H,1H2. The van der Waals surface area contributed by atoms with Gasteiger partial charge in [0, 0.05) is 0 Å². The lowest BCUT2D eigenvalue weighted by molar-refractivity contribution is 0.111. The topological polar surface area (TPSA) is 59.6 Å². The highest BCUT2D eigenvalue weighted by atomic mass is 35.5. The fraction of sp³-hybridized carbons (Fsp3) is 0. The second-order valence-electron chi connectivity index (χ2n) is 2.54. The van der Waals surface area contributed by atoms with Crippen molar-refractivity contribution in [1.82, 2.24) is 14.6 Å². The van der Waals surface area contributed by atoms with Crippen molar-refractivity contribution in [2.75, 3.05) is 0 Å². The van der Waals surface area contributed by atoms with Crippen LogP contribution in [0.25, 0.3) is 5.52 Å². The molecule has 0 atom stereocenters. The Balaban J connectivity index is 2.89. The summed E-state index contributed by atoms with van der Waals surface area (Å²) in [6.45, 7) is 3.36. The van der Waals surface area contributed by atoms with Crippen molar-refractivity contribution < 1.29 is 4.79 Å². The zero-order chi connectivity index (χ0) is 10.1. The molecule has 0 amide bonds. The van der Waals surface area contributed by atoms with Gasteiger partial charge >= 0.3 is 0 Å². The summed E-state index contributed by atoms with van der Waals surface area (Å²) in [4.78, 5) is 18.2. The average Bonchev–Trinajstić information content (AvgIpc) is 2.59. The summed E-state index contributed by atoms with van der Waals surface area (Å²) in [5, 5.41) is 3.89. The number of aliphatic imine (C=N–C) groups is 1. The van der Waals surface area contributed by atoms with Gasteiger partial charge in [-0.25, -0.2) is 9.51 Å². The first-order valence-electron chi connectivity index (χ1n) is 3.73. The number of fused-ring (bicyclic) bond motifs is 1. The zero-order valence-corrected chi connectivity index (χ0v) is 7.77. The second-order valence-corrected chi connectivity index (χ2v) is 2.87. The van der Waals surface area contributed by atoms with Gasteiger partial charge in [-0.3, -0.25) is 4.79 Å². The molecule has 2 rings (SSSR count). The molecule has 0 fully saturated rings. The third-order valence-electron chi connectivity index (χ3n) is 1.77. The Morgan fingerprint density at radius 3 is 3.00 bits per heavy atom. The van der Waals surface area contributed by atoms with Crippen molar-refractivity contribution in [3.8, 4) is 0 Å². The van der Waals surface area contributed by atoms with Gasteiger partial charge in [-0.1, -0.05) is 0 Å². The lowest BCUT2D eigenvalue weighted by atomic mass is 10.5. The maximum Gasteiger partial charge on any atom is 0.243 e. The Morgan fingerprint density at radius 1 is 1.57 bits per heavy atom. The Labute approximate surface area is 84.0 Å². The minimum Gasteiger partial charge on any atom is -0.296 e. The monoisotopic (exact) mass is 208 g/mol.